The van der Waals surface area contributed by atoms with E-state index in [2.05, 4.69) is 21.6 Å². The number of aryl methyl sites for hydroxylation is 1. The molecule has 1 aromatic heterocycles. The van der Waals surface area contributed by atoms with Crippen LogP contribution in [-0.4, -0.2) is 27.4 Å². The number of nitrogens with zero attached hydrogens (tertiary/aromatic N) is 3. The molecule has 0 radical (unpaired) electrons. The van der Waals surface area contributed by atoms with Gasteiger partial charge in [-0.2, -0.15) is 10.4 Å². The molecule has 0 aromatic carbocycles. The smallest absolute Gasteiger partial charge is 0.167 e. The van der Waals surface area contributed by atoms with E-state index in [1.165, 1.54) is 0 Å². The van der Waals surface area contributed by atoms with Crippen LogP contribution < -0.4 is 5.32 Å². The summed E-state index contributed by atoms with van der Waals surface area (Å²) >= 11 is 0. The molecule has 0 aliphatic rings. The number of hydrogen-bond donors (Lipinski definition) is 2. The minimum atomic E-state index is -0.529. The topological polar surface area (TPSA) is 81.8 Å². The van der Waals surface area contributed by atoms with E-state index in [1.807, 2.05) is 27.7 Å². The number of rotatable bonds is 5. The lowest BCUT2D eigenvalue weighted by Gasteiger charge is -2.25. The van der Waals surface area contributed by atoms with Crippen molar-refractivity contribution in [3.05, 3.63) is 16.8 Å². The average Bonchev–Trinajstić information content (AvgIpc) is 2.37. The summed E-state index contributed by atoms with van der Waals surface area (Å²) in [7, 11) is 0. The van der Waals surface area contributed by atoms with Crippen molar-refractivity contribution < 1.29 is 5.11 Å². The highest BCUT2D eigenvalue weighted by Gasteiger charge is 2.21. The van der Waals surface area contributed by atoms with E-state index in [9.17, 15) is 10.4 Å². The summed E-state index contributed by atoms with van der Waals surface area (Å²) in [6, 6.07) is 2.19. The first-order valence-corrected chi connectivity index (χ1v) is 6.16. The Morgan fingerprint density at radius 2 is 1.94 bits per heavy atom. The molecular formula is C13H20N4O. The van der Waals surface area contributed by atoms with Gasteiger partial charge in [0.05, 0.1) is 17.8 Å². The zero-order valence-corrected chi connectivity index (χ0v) is 11.4. The summed E-state index contributed by atoms with van der Waals surface area (Å²) < 4.78 is 0. The molecule has 0 unspecified atom stereocenters. The van der Waals surface area contributed by atoms with E-state index >= 15 is 0 Å². The van der Waals surface area contributed by atoms with Gasteiger partial charge in [0, 0.05) is 0 Å². The van der Waals surface area contributed by atoms with Gasteiger partial charge in [0.1, 0.15) is 11.6 Å². The van der Waals surface area contributed by atoms with Gasteiger partial charge >= 0.3 is 0 Å². The van der Waals surface area contributed by atoms with Crippen molar-refractivity contribution in [3.63, 3.8) is 0 Å². The molecule has 1 aromatic rings. The van der Waals surface area contributed by atoms with Crippen molar-refractivity contribution in [1.29, 1.82) is 5.26 Å². The summed E-state index contributed by atoms with van der Waals surface area (Å²) in [5.74, 6) is 0.450. The van der Waals surface area contributed by atoms with E-state index in [-0.39, 0.29) is 6.61 Å². The molecule has 5 heteroatoms. The summed E-state index contributed by atoms with van der Waals surface area (Å²) in [5, 5.41) is 29.8. The van der Waals surface area contributed by atoms with Crippen LogP contribution in [0.3, 0.4) is 0 Å². The second-order valence-corrected chi connectivity index (χ2v) is 4.83. The second kappa shape index (κ2) is 5.78. The Kier molecular flexibility index (Phi) is 4.62. The Hall–Kier alpha value is -1.67. The molecule has 0 aliphatic heterocycles. The number of nitrogens with one attached hydrogen (secondary N) is 1. The van der Waals surface area contributed by atoms with Crippen LogP contribution in [0.4, 0.5) is 5.82 Å². The minimum absolute atomic E-state index is 0.0451. The molecule has 0 bridgehead atoms. The molecule has 0 amide bonds. The van der Waals surface area contributed by atoms with Crippen molar-refractivity contribution in [2.75, 3.05) is 11.9 Å². The molecule has 98 valence electrons. The molecule has 0 aliphatic carbocycles. The van der Waals surface area contributed by atoms with Crippen molar-refractivity contribution in [3.8, 4) is 6.07 Å². The molecule has 2 N–H and O–H groups in total. The highest BCUT2D eigenvalue weighted by atomic mass is 16.3. The van der Waals surface area contributed by atoms with Gasteiger partial charge in [-0.15, -0.1) is 5.10 Å². The Balaban J connectivity index is 3.26. The maximum atomic E-state index is 9.30. The third-order valence-electron chi connectivity index (χ3n) is 2.81. The number of nitriles is 1. The number of hydrogen-bond acceptors (Lipinski definition) is 5. The molecule has 5 nitrogen and oxygen atoms in total. The van der Waals surface area contributed by atoms with Crippen molar-refractivity contribution in [2.24, 2.45) is 0 Å². The average molecular weight is 248 g/mol. The van der Waals surface area contributed by atoms with Gasteiger partial charge in [-0.05, 0) is 32.3 Å². The first-order valence-electron chi connectivity index (χ1n) is 6.16. The third-order valence-corrected chi connectivity index (χ3v) is 2.81. The van der Waals surface area contributed by atoms with Gasteiger partial charge in [-0.25, -0.2) is 0 Å². The lowest BCUT2D eigenvalue weighted by Crippen LogP contribution is -2.36. The summed E-state index contributed by atoms with van der Waals surface area (Å²) in [6.07, 6.45) is 1.50. The maximum Gasteiger partial charge on any atom is 0.167 e. The van der Waals surface area contributed by atoms with E-state index in [0.717, 1.165) is 24.1 Å². The molecule has 0 fully saturated rings. The van der Waals surface area contributed by atoms with Crippen LogP contribution in [0.25, 0.3) is 0 Å². The van der Waals surface area contributed by atoms with Crippen LogP contribution in [0, 0.1) is 11.3 Å². The molecule has 1 heterocycles. The predicted octanol–water partition coefficient (Wildman–Crippen LogP) is 1.66. The van der Waals surface area contributed by atoms with Gasteiger partial charge in [0.25, 0.3) is 0 Å². The van der Waals surface area contributed by atoms with E-state index in [1.54, 1.807) is 0 Å². The quantitative estimate of drug-likeness (QED) is 0.828. The van der Waals surface area contributed by atoms with Crippen molar-refractivity contribution in [2.45, 2.75) is 46.1 Å². The number of aromatic nitrogens is 2. The molecule has 0 saturated carbocycles. The number of aliphatic hydroxyl groups excluding tert-OH is 1. The normalized spacial score (nSPS) is 11.1. The van der Waals surface area contributed by atoms with Crippen LogP contribution in [-0.2, 0) is 12.8 Å². The van der Waals surface area contributed by atoms with Gasteiger partial charge in [0.15, 0.2) is 5.82 Å². The fraction of sp³-hybridized carbons (Fsp3) is 0.615. The Morgan fingerprint density at radius 3 is 2.39 bits per heavy atom. The van der Waals surface area contributed by atoms with Crippen LogP contribution in [0.1, 0.15) is 44.5 Å². The minimum Gasteiger partial charge on any atom is -0.394 e. The molecule has 0 atom stereocenters. The first-order chi connectivity index (χ1) is 8.49. The van der Waals surface area contributed by atoms with Crippen molar-refractivity contribution >= 4 is 5.82 Å². The maximum absolute atomic E-state index is 9.30. The van der Waals surface area contributed by atoms with Gasteiger partial charge < -0.3 is 10.4 Å². The highest BCUT2D eigenvalue weighted by molar-refractivity contribution is 5.57. The third kappa shape index (κ3) is 2.96. The fourth-order valence-corrected chi connectivity index (χ4v) is 1.74. The van der Waals surface area contributed by atoms with Crippen LogP contribution in [0.5, 0.6) is 0 Å². The molecule has 1 rings (SSSR count). The lowest BCUT2D eigenvalue weighted by molar-refractivity contribution is 0.233. The van der Waals surface area contributed by atoms with E-state index in [4.69, 9.17) is 0 Å². The number of anilines is 1. The van der Waals surface area contributed by atoms with E-state index < -0.39 is 5.54 Å². The van der Waals surface area contributed by atoms with Crippen LogP contribution in [0.2, 0.25) is 0 Å². The van der Waals surface area contributed by atoms with Crippen molar-refractivity contribution in [1.82, 2.24) is 10.2 Å². The summed E-state index contributed by atoms with van der Waals surface area (Å²) in [5.41, 5.74) is 1.80. The molecule has 18 heavy (non-hydrogen) atoms. The van der Waals surface area contributed by atoms with Crippen LogP contribution in [0.15, 0.2) is 0 Å². The number of aliphatic hydroxyl groups is 1. The second-order valence-electron chi connectivity index (χ2n) is 4.83. The first kappa shape index (κ1) is 14.4. The summed E-state index contributed by atoms with van der Waals surface area (Å²) in [4.78, 5) is 0. The van der Waals surface area contributed by atoms with E-state index in [0.29, 0.717) is 11.4 Å². The van der Waals surface area contributed by atoms with Crippen LogP contribution >= 0.6 is 0 Å². The highest BCUT2D eigenvalue weighted by Crippen LogP contribution is 2.22. The zero-order chi connectivity index (χ0) is 13.8. The molecule has 0 spiro atoms. The fourth-order valence-electron chi connectivity index (χ4n) is 1.74. The van der Waals surface area contributed by atoms with Gasteiger partial charge in [-0.1, -0.05) is 13.8 Å². The zero-order valence-electron chi connectivity index (χ0n) is 11.4. The van der Waals surface area contributed by atoms with Gasteiger partial charge in [-0.3, -0.25) is 0 Å². The SMILES string of the molecule is CCc1nnc(NC(C)(C)CO)c(C#N)c1CC. The molecule has 0 saturated heterocycles. The van der Waals surface area contributed by atoms with Gasteiger partial charge in [0.2, 0.25) is 0 Å². The molecular weight excluding hydrogens is 228 g/mol. The monoisotopic (exact) mass is 248 g/mol. The largest absolute Gasteiger partial charge is 0.394 e. The Morgan fingerprint density at radius 1 is 1.28 bits per heavy atom. The lowest BCUT2D eigenvalue weighted by atomic mass is 10.0. The Labute approximate surface area is 108 Å². The predicted molar refractivity (Wildman–Crippen MR) is 70.3 cm³/mol. The summed E-state index contributed by atoms with van der Waals surface area (Å²) in [6.45, 7) is 7.63. The standard InChI is InChI=1S/C13H20N4O/c1-5-9-10(7-14)12(15-13(3,4)8-18)17-16-11(9)6-2/h18H,5-6,8H2,1-4H3,(H,15,17). The Bertz CT molecular complexity index is 463.